The van der Waals surface area contributed by atoms with E-state index >= 15 is 0 Å². The number of ketones is 1. The van der Waals surface area contributed by atoms with Gasteiger partial charge < -0.3 is 4.98 Å². The molecule has 3 heteroatoms. The zero-order chi connectivity index (χ0) is 16.2. The Morgan fingerprint density at radius 3 is 2.78 bits per heavy atom. The standard InChI is InChI=1S/C20H22N2O/c1-4-7-14-19-17(12-8-5-6-9-13(12)22-19)18-15(21-14)10-20(2,3)11-16(18)23/h5-6,8-9,22H,4,7,10-11H2,1-3H3. The molecule has 2 aromatic heterocycles. The number of carbonyl (C=O) groups is 1. The molecular formula is C20H22N2O. The summed E-state index contributed by atoms with van der Waals surface area (Å²) in [7, 11) is 0. The third kappa shape index (κ3) is 2.18. The molecule has 1 N–H and O–H groups in total. The van der Waals surface area contributed by atoms with Gasteiger partial charge in [-0.05, 0) is 24.3 Å². The first-order valence-corrected chi connectivity index (χ1v) is 8.45. The van der Waals surface area contributed by atoms with Gasteiger partial charge in [-0.25, -0.2) is 0 Å². The Hall–Kier alpha value is -2.16. The number of H-pyrrole nitrogens is 1. The highest BCUT2D eigenvalue weighted by Gasteiger charge is 2.34. The van der Waals surface area contributed by atoms with Gasteiger partial charge in [0.25, 0.3) is 0 Å². The number of Topliss-reactive ketones (excluding diaryl/α,β-unsaturated/α-hetero) is 1. The number of nitrogens with zero attached hydrogens (tertiary/aromatic N) is 1. The van der Waals surface area contributed by atoms with Crippen molar-refractivity contribution in [1.29, 1.82) is 0 Å². The summed E-state index contributed by atoms with van der Waals surface area (Å²) in [6, 6.07) is 8.26. The number of hydrogen-bond donors (Lipinski definition) is 1. The smallest absolute Gasteiger partial charge is 0.165 e. The molecule has 1 aliphatic rings. The molecule has 0 saturated heterocycles. The Morgan fingerprint density at radius 1 is 1.22 bits per heavy atom. The summed E-state index contributed by atoms with van der Waals surface area (Å²) in [5.41, 5.74) is 5.10. The van der Waals surface area contributed by atoms with Crippen molar-refractivity contribution < 1.29 is 4.79 Å². The summed E-state index contributed by atoms with van der Waals surface area (Å²) >= 11 is 0. The van der Waals surface area contributed by atoms with E-state index in [1.54, 1.807) is 0 Å². The third-order valence-corrected chi connectivity index (χ3v) is 4.85. The molecule has 23 heavy (non-hydrogen) atoms. The average molecular weight is 306 g/mol. The lowest BCUT2D eigenvalue weighted by atomic mass is 9.74. The lowest BCUT2D eigenvalue weighted by Gasteiger charge is -2.30. The van der Waals surface area contributed by atoms with Gasteiger partial charge in [-0.2, -0.15) is 0 Å². The van der Waals surface area contributed by atoms with E-state index in [9.17, 15) is 4.79 Å². The Balaban J connectivity index is 2.14. The van der Waals surface area contributed by atoms with Gasteiger partial charge in [0, 0.05) is 28.3 Å². The highest BCUT2D eigenvalue weighted by atomic mass is 16.1. The molecule has 0 aliphatic heterocycles. The summed E-state index contributed by atoms with van der Waals surface area (Å²) in [6.07, 6.45) is 3.46. The fourth-order valence-corrected chi connectivity index (χ4v) is 3.92. The maximum absolute atomic E-state index is 12.9. The first kappa shape index (κ1) is 14.4. The van der Waals surface area contributed by atoms with E-state index in [0.29, 0.717) is 6.42 Å². The van der Waals surface area contributed by atoms with Crippen LogP contribution >= 0.6 is 0 Å². The minimum absolute atomic E-state index is 0.000353. The summed E-state index contributed by atoms with van der Waals surface area (Å²) in [4.78, 5) is 21.3. The fraction of sp³-hybridized carbons (Fsp3) is 0.400. The average Bonchev–Trinajstić information content (AvgIpc) is 2.85. The van der Waals surface area contributed by atoms with Gasteiger partial charge in [-0.3, -0.25) is 9.78 Å². The number of carbonyl (C=O) groups excluding carboxylic acids is 1. The molecule has 3 nitrogen and oxygen atoms in total. The molecule has 4 rings (SSSR count). The van der Waals surface area contributed by atoms with Crippen molar-refractivity contribution in [2.24, 2.45) is 5.41 Å². The molecule has 1 aromatic carbocycles. The first-order valence-electron chi connectivity index (χ1n) is 8.45. The molecule has 0 amide bonds. The number of aryl methyl sites for hydroxylation is 1. The molecule has 0 saturated carbocycles. The third-order valence-electron chi connectivity index (χ3n) is 4.85. The van der Waals surface area contributed by atoms with Crippen molar-refractivity contribution >= 4 is 27.6 Å². The Bertz CT molecular complexity index is 934. The highest BCUT2D eigenvalue weighted by molar-refractivity contribution is 6.19. The summed E-state index contributed by atoms with van der Waals surface area (Å²) in [5.74, 6) is 0.238. The monoisotopic (exact) mass is 306 g/mol. The van der Waals surface area contributed by atoms with Crippen LogP contribution in [-0.4, -0.2) is 15.8 Å². The fourth-order valence-electron chi connectivity index (χ4n) is 3.92. The van der Waals surface area contributed by atoms with Crippen molar-refractivity contribution in [2.45, 2.75) is 46.5 Å². The quantitative estimate of drug-likeness (QED) is 0.737. The van der Waals surface area contributed by atoms with Crippen molar-refractivity contribution in [3.63, 3.8) is 0 Å². The predicted octanol–water partition coefficient (Wildman–Crippen LogP) is 4.82. The first-order chi connectivity index (χ1) is 11.0. The van der Waals surface area contributed by atoms with Crippen LogP contribution in [0.4, 0.5) is 0 Å². The van der Waals surface area contributed by atoms with Crippen molar-refractivity contribution in [3.8, 4) is 0 Å². The number of benzene rings is 1. The van der Waals surface area contributed by atoms with E-state index in [-0.39, 0.29) is 11.2 Å². The minimum Gasteiger partial charge on any atom is -0.353 e. The maximum Gasteiger partial charge on any atom is 0.165 e. The Kier molecular flexibility index (Phi) is 3.09. The lowest BCUT2D eigenvalue weighted by Crippen LogP contribution is -2.28. The van der Waals surface area contributed by atoms with E-state index in [0.717, 1.165) is 58.0 Å². The number of pyridine rings is 1. The van der Waals surface area contributed by atoms with Gasteiger partial charge in [-0.1, -0.05) is 45.4 Å². The normalized spacial score (nSPS) is 16.9. The van der Waals surface area contributed by atoms with E-state index in [4.69, 9.17) is 4.98 Å². The van der Waals surface area contributed by atoms with Crippen LogP contribution in [-0.2, 0) is 12.8 Å². The molecule has 0 fully saturated rings. The zero-order valence-electron chi connectivity index (χ0n) is 14.0. The second-order valence-corrected chi connectivity index (χ2v) is 7.49. The second-order valence-electron chi connectivity index (χ2n) is 7.49. The van der Waals surface area contributed by atoms with E-state index in [1.807, 2.05) is 12.1 Å². The molecule has 1 aliphatic carbocycles. The maximum atomic E-state index is 12.9. The van der Waals surface area contributed by atoms with Crippen molar-refractivity contribution in [2.75, 3.05) is 0 Å². The molecule has 0 unspecified atom stereocenters. The Morgan fingerprint density at radius 2 is 2.00 bits per heavy atom. The lowest BCUT2D eigenvalue weighted by molar-refractivity contribution is 0.0912. The van der Waals surface area contributed by atoms with Crippen molar-refractivity contribution in [3.05, 3.63) is 41.2 Å². The van der Waals surface area contributed by atoms with E-state index in [2.05, 4.69) is 37.9 Å². The molecule has 0 radical (unpaired) electrons. The largest absolute Gasteiger partial charge is 0.353 e. The molecule has 2 heterocycles. The van der Waals surface area contributed by atoms with Crippen LogP contribution in [0.2, 0.25) is 0 Å². The van der Waals surface area contributed by atoms with Gasteiger partial charge in [0.05, 0.1) is 16.9 Å². The van der Waals surface area contributed by atoms with Crippen LogP contribution in [0, 0.1) is 5.41 Å². The van der Waals surface area contributed by atoms with Crippen LogP contribution in [0.1, 0.15) is 55.4 Å². The van der Waals surface area contributed by atoms with Crippen LogP contribution in [0.5, 0.6) is 0 Å². The molecular weight excluding hydrogens is 284 g/mol. The molecule has 118 valence electrons. The predicted molar refractivity (Wildman–Crippen MR) is 94.0 cm³/mol. The molecule has 0 bridgehead atoms. The van der Waals surface area contributed by atoms with E-state index < -0.39 is 0 Å². The summed E-state index contributed by atoms with van der Waals surface area (Å²) in [6.45, 7) is 6.49. The van der Waals surface area contributed by atoms with Crippen molar-refractivity contribution in [1.82, 2.24) is 9.97 Å². The van der Waals surface area contributed by atoms with Gasteiger partial charge in [0.15, 0.2) is 5.78 Å². The van der Waals surface area contributed by atoms with E-state index in [1.165, 1.54) is 0 Å². The highest BCUT2D eigenvalue weighted by Crippen LogP contribution is 2.40. The number of rotatable bonds is 2. The van der Waals surface area contributed by atoms with Gasteiger partial charge >= 0.3 is 0 Å². The number of hydrogen-bond acceptors (Lipinski definition) is 2. The van der Waals surface area contributed by atoms with Crippen LogP contribution in [0.3, 0.4) is 0 Å². The molecule has 0 spiro atoms. The second kappa shape index (κ2) is 4.92. The zero-order valence-corrected chi connectivity index (χ0v) is 14.0. The van der Waals surface area contributed by atoms with Crippen LogP contribution in [0.15, 0.2) is 24.3 Å². The van der Waals surface area contributed by atoms with Crippen LogP contribution < -0.4 is 0 Å². The molecule has 3 aromatic rings. The van der Waals surface area contributed by atoms with Gasteiger partial charge in [0.1, 0.15) is 0 Å². The number of aromatic nitrogens is 2. The molecule has 0 atom stereocenters. The number of nitrogens with one attached hydrogen (secondary N) is 1. The number of para-hydroxylation sites is 1. The van der Waals surface area contributed by atoms with Crippen LogP contribution in [0.25, 0.3) is 21.8 Å². The topological polar surface area (TPSA) is 45.8 Å². The summed E-state index contributed by atoms with van der Waals surface area (Å²) < 4.78 is 0. The van der Waals surface area contributed by atoms with Gasteiger partial charge in [-0.15, -0.1) is 0 Å². The Labute approximate surface area is 136 Å². The SMILES string of the molecule is CCCc1nc2c(c3c1[nH]c1ccccc13)C(=O)CC(C)(C)C2. The number of aromatic amines is 1. The van der Waals surface area contributed by atoms with Gasteiger partial charge in [0.2, 0.25) is 0 Å². The number of fused-ring (bicyclic) bond motifs is 5. The summed E-state index contributed by atoms with van der Waals surface area (Å²) in [5, 5.41) is 2.24. The minimum atomic E-state index is 0.000353.